The minimum Gasteiger partial charge on any atom is -0.481 e. The first-order valence-corrected chi connectivity index (χ1v) is 17.5. The molecule has 0 bridgehead atoms. The van der Waals surface area contributed by atoms with Gasteiger partial charge < -0.3 is 36.6 Å². The van der Waals surface area contributed by atoms with Crippen LogP contribution in [0.3, 0.4) is 0 Å². The number of hydrogen-bond donors (Lipinski definition) is 7. The molecule has 2 aromatic carbocycles. The molecule has 0 aromatic heterocycles. The highest BCUT2D eigenvalue weighted by molar-refractivity contribution is 8.76. The normalized spacial score (nSPS) is 11.1. The van der Waals surface area contributed by atoms with Crippen LogP contribution in [0, 0.1) is 0 Å². The number of aliphatic hydroxyl groups is 4. The summed E-state index contributed by atoms with van der Waals surface area (Å²) in [6.45, 7) is 10.2. The van der Waals surface area contributed by atoms with Crippen molar-refractivity contribution in [2.75, 3.05) is 23.1 Å². The van der Waals surface area contributed by atoms with Gasteiger partial charge in [0, 0.05) is 33.7 Å². The van der Waals surface area contributed by atoms with Gasteiger partial charge in [-0.3, -0.25) is 9.59 Å². The second kappa shape index (κ2) is 21.7. The molecule has 2 aromatic rings. The Kier molecular flexibility index (Phi) is 20.7. The fourth-order valence-corrected chi connectivity index (χ4v) is 7.04. The third-order valence-corrected chi connectivity index (χ3v) is 9.83. The van der Waals surface area contributed by atoms with Gasteiger partial charge in [0.25, 0.3) is 0 Å². The number of carbonyl (C=O) groups excluding carboxylic acids is 1. The molecule has 0 unspecified atom stereocenters. The summed E-state index contributed by atoms with van der Waals surface area (Å²) < 4.78 is 0.174. The van der Waals surface area contributed by atoms with Crippen LogP contribution in [0.1, 0.15) is 82.6 Å². The monoisotopic (exact) mass is 658 g/mol. The predicted octanol–water partition coefficient (Wildman–Crippen LogP) is 5.82. The molecule has 1 amide bonds. The highest BCUT2D eigenvalue weighted by Gasteiger charge is 2.20. The summed E-state index contributed by atoms with van der Waals surface area (Å²) >= 11 is 1.85. The summed E-state index contributed by atoms with van der Waals surface area (Å²) in [7, 11) is 3.41. The SMILES string of the molecule is CCSC(C)(C)CCC(=O)Nc1cc(CO)cc(CO)c1.CSSC(C)(C)CCC(=O)O.Nc1cc(CO)cc(CO)c1. The number of nitrogens with two attached hydrogens (primary N) is 1. The topological polar surface area (TPSA) is 173 Å². The van der Waals surface area contributed by atoms with Crippen molar-refractivity contribution < 1.29 is 35.1 Å². The number of anilines is 2. The highest BCUT2D eigenvalue weighted by Crippen LogP contribution is 2.36. The van der Waals surface area contributed by atoms with Gasteiger partial charge in [-0.15, -0.1) is 0 Å². The minimum absolute atomic E-state index is 0.0428. The maximum Gasteiger partial charge on any atom is 0.303 e. The van der Waals surface area contributed by atoms with E-state index >= 15 is 0 Å². The maximum atomic E-state index is 12.0. The number of rotatable bonds is 15. The zero-order chi connectivity index (χ0) is 33.1. The molecule has 0 aliphatic heterocycles. The van der Waals surface area contributed by atoms with Crippen LogP contribution in [0.25, 0.3) is 0 Å². The summed E-state index contributed by atoms with van der Waals surface area (Å²) in [5.74, 6) is 0.283. The van der Waals surface area contributed by atoms with Crippen molar-refractivity contribution in [3.8, 4) is 0 Å². The number of benzene rings is 2. The average Bonchev–Trinajstić information content (AvgIpc) is 2.95. The van der Waals surface area contributed by atoms with E-state index in [1.165, 1.54) is 0 Å². The highest BCUT2D eigenvalue weighted by atomic mass is 33.1. The second-order valence-electron chi connectivity index (χ2n) is 10.9. The minimum atomic E-state index is -0.709. The van der Waals surface area contributed by atoms with Gasteiger partial charge in [-0.05, 0) is 85.2 Å². The number of aliphatic carboxylic acids is 1. The number of aliphatic hydroxyl groups excluding tert-OH is 4. The number of carbonyl (C=O) groups is 2. The molecule has 0 aliphatic carbocycles. The molecule has 0 atom stereocenters. The van der Waals surface area contributed by atoms with E-state index in [-0.39, 0.29) is 48.2 Å². The van der Waals surface area contributed by atoms with Crippen LogP contribution in [-0.4, -0.2) is 58.9 Å². The third kappa shape index (κ3) is 19.9. The molecule has 0 heterocycles. The Morgan fingerprint density at radius 3 is 1.60 bits per heavy atom. The molecule has 8 N–H and O–H groups in total. The number of carboxylic acids is 1. The van der Waals surface area contributed by atoms with E-state index in [0.29, 0.717) is 28.9 Å². The van der Waals surface area contributed by atoms with Crippen LogP contribution in [-0.2, 0) is 36.0 Å². The zero-order valence-electron chi connectivity index (χ0n) is 26.2. The molecule has 9 nitrogen and oxygen atoms in total. The fourth-order valence-electron chi connectivity index (χ4n) is 3.77. The van der Waals surface area contributed by atoms with Crippen molar-refractivity contribution in [3.05, 3.63) is 58.7 Å². The van der Waals surface area contributed by atoms with E-state index < -0.39 is 5.97 Å². The van der Waals surface area contributed by atoms with Crippen molar-refractivity contribution in [2.24, 2.45) is 0 Å². The molecule has 0 saturated heterocycles. The van der Waals surface area contributed by atoms with E-state index in [9.17, 15) is 19.8 Å². The number of amides is 1. The lowest BCUT2D eigenvalue weighted by atomic mass is 10.1. The Morgan fingerprint density at radius 2 is 1.21 bits per heavy atom. The number of thioether (sulfide) groups is 1. The van der Waals surface area contributed by atoms with Gasteiger partial charge in [0.1, 0.15) is 0 Å². The molecule has 244 valence electrons. The molecule has 0 spiro atoms. The third-order valence-electron chi connectivity index (χ3n) is 5.88. The van der Waals surface area contributed by atoms with Crippen LogP contribution in [0.5, 0.6) is 0 Å². The largest absolute Gasteiger partial charge is 0.481 e. The van der Waals surface area contributed by atoms with Gasteiger partial charge in [0.15, 0.2) is 0 Å². The van der Waals surface area contributed by atoms with E-state index in [1.807, 2.05) is 18.0 Å². The lowest BCUT2D eigenvalue weighted by Crippen LogP contribution is -2.20. The summed E-state index contributed by atoms with van der Waals surface area (Å²) in [6.07, 6.45) is 4.27. The molecule has 43 heavy (non-hydrogen) atoms. The predicted molar refractivity (Wildman–Crippen MR) is 183 cm³/mol. The van der Waals surface area contributed by atoms with Crippen molar-refractivity contribution >= 4 is 56.6 Å². The Morgan fingerprint density at radius 1 is 0.767 bits per heavy atom. The molecular weight excluding hydrogens is 609 g/mol. The number of nitrogens with one attached hydrogen (secondary N) is 1. The fraction of sp³-hybridized carbons (Fsp3) is 0.548. The first-order valence-electron chi connectivity index (χ1n) is 14.0. The quantitative estimate of drug-likeness (QED) is 0.0908. The Bertz CT molecular complexity index is 1070. The van der Waals surface area contributed by atoms with Gasteiger partial charge in [0.05, 0.1) is 26.4 Å². The van der Waals surface area contributed by atoms with Gasteiger partial charge in [-0.1, -0.05) is 54.5 Å². The molecule has 0 fully saturated rings. The summed E-state index contributed by atoms with van der Waals surface area (Å²) in [5.41, 5.74) is 9.50. The van der Waals surface area contributed by atoms with Gasteiger partial charge in [-0.2, -0.15) is 11.8 Å². The summed E-state index contributed by atoms with van der Waals surface area (Å²) in [6, 6.07) is 10.2. The second-order valence-corrected chi connectivity index (χ2v) is 16.0. The van der Waals surface area contributed by atoms with E-state index in [2.05, 4.69) is 39.9 Å². The van der Waals surface area contributed by atoms with Crippen LogP contribution >= 0.6 is 33.3 Å². The summed E-state index contributed by atoms with van der Waals surface area (Å²) in [5, 5.41) is 47.1. The molecule has 0 radical (unpaired) electrons. The van der Waals surface area contributed by atoms with Crippen molar-refractivity contribution in [3.63, 3.8) is 0 Å². The average molecular weight is 659 g/mol. The van der Waals surface area contributed by atoms with Crippen LogP contribution < -0.4 is 11.1 Å². The number of hydrogen-bond acceptors (Lipinski definition) is 10. The molecular formula is C31H50N2O7S3. The zero-order valence-corrected chi connectivity index (χ0v) is 28.6. The first-order chi connectivity index (χ1) is 20.1. The lowest BCUT2D eigenvalue weighted by molar-refractivity contribution is -0.137. The van der Waals surface area contributed by atoms with E-state index in [1.54, 1.807) is 58.0 Å². The Labute approximate surface area is 268 Å². The van der Waals surface area contributed by atoms with Crippen LogP contribution in [0.2, 0.25) is 0 Å². The molecule has 0 aliphatic rings. The molecule has 2 rings (SSSR count). The maximum absolute atomic E-state index is 12.0. The van der Waals surface area contributed by atoms with Gasteiger partial charge in [-0.25, -0.2) is 0 Å². The Hall–Kier alpha value is -1.93. The Balaban J connectivity index is 0.000000677. The van der Waals surface area contributed by atoms with E-state index in [4.69, 9.17) is 21.1 Å². The van der Waals surface area contributed by atoms with Gasteiger partial charge >= 0.3 is 5.97 Å². The molecule has 0 saturated carbocycles. The molecule has 12 heteroatoms. The standard InChI is InChI=1S/C16H25NO3S.C8H11NO2.C7H14O2S2/c1-4-21-16(2,3)6-5-15(20)17-14-8-12(10-18)7-13(9-14)11-19;9-8-2-6(4-10)1-7(3-8)5-11;1-7(2,11-10-3)5-4-6(8)9/h7-9,18-19H,4-6,10-11H2,1-3H3,(H,17,20);1-3,10-11H,4-5,9H2;4-5H2,1-3H3,(H,8,9). The lowest BCUT2D eigenvalue weighted by Gasteiger charge is -2.22. The van der Waals surface area contributed by atoms with Crippen molar-refractivity contribution in [1.29, 1.82) is 0 Å². The van der Waals surface area contributed by atoms with Crippen molar-refractivity contribution in [1.82, 2.24) is 0 Å². The van der Waals surface area contributed by atoms with Gasteiger partial charge in [0.2, 0.25) is 5.91 Å². The smallest absolute Gasteiger partial charge is 0.303 e. The van der Waals surface area contributed by atoms with Crippen molar-refractivity contribution in [2.45, 2.75) is 96.2 Å². The van der Waals surface area contributed by atoms with E-state index in [0.717, 1.165) is 29.7 Å². The van der Waals surface area contributed by atoms with Crippen LogP contribution in [0.15, 0.2) is 36.4 Å². The van der Waals surface area contributed by atoms with Crippen LogP contribution in [0.4, 0.5) is 11.4 Å². The first kappa shape index (κ1) is 41.1. The number of carboxylic acid groups (broad SMARTS) is 1. The number of nitrogen functional groups attached to an aromatic ring is 1. The summed E-state index contributed by atoms with van der Waals surface area (Å²) in [4.78, 5) is 22.3.